The van der Waals surface area contributed by atoms with Crippen LogP contribution in [0.25, 0.3) is 5.52 Å². The number of benzene rings is 1. The molecule has 0 spiro atoms. The normalized spacial score (nSPS) is 21.3. The van der Waals surface area contributed by atoms with E-state index in [1.54, 1.807) is 18.2 Å². The van der Waals surface area contributed by atoms with Gasteiger partial charge in [0.1, 0.15) is 42.3 Å². The minimum absolute atomic E-state index is 0.0850. The predicted octanol–water partition coefficient (Wildman–Crippen LogP) is 7.80. The smallest absolute Gasteiger partial charge is 0.387 e. The Kier molecular flexibility index (Phi) is 20.0. The van der Waals surface area contributed by atoms with E-state index in [0.717, 1.165) is 24.8 Å². The molecule has 0 amide bonds. The van der Waals surface area contributed by atoms with Gasteiger partial charge in [-0.3, -0.25) is 9.05 Å². The Bertz CT molecular complexity index is 1660. The summed E-state index contributed by atoms with van der Waals surface area (Å²) in [6.07, 6.45) is 16.2. The molecule has 3 heterocycles. The lowest BCUT2D eigenvalue weighted by atomic mass is 9.92. The highest BCUT2D eigenvalue weighted by Crippen LogP contribution is 2.46. The average Bonchev–Trinajstić information content (AvgIpc) is 3.74. The van der Waals surface area contributed by atoms with Crippen molar-refractivity contribution in [3.8, 4) is 6.07 Å². The first-order chi connectivity index (χ1) is 27.1. The first-order valence-corrected chi connectivity index (χ1v) is 22.1. The van der Waals surface area contributed by atoms with Crippen LogP contribution >= 0.6 is 19.4 Å². The zero-order chi connectivity index (χ0) is 40.2. The quantitative estimate of drug-likeness (QED) is 0.0390. The summed E-state index contributed by atoms with van der Waals surface area (Å²) in [4.78, 5) is 14.5. The molecule has 14 nitrogen and oxygen atoms in total. The van der Waals surface area contributed by atoms with Crippen LogP contribution in [0, 0.1) is 11.3 Å². The van der Waals surface area contributed by atoms with E-state index in [-0.39, 0.29) is 31.3 Å². The average molecular weight is 822 g/mol. The number of rotatable bonds is 29. The van der Waals surface area contributed by atoms with Crippen LogP contribution in [0.5, 0.6) is 0 Å². The molecule has 5 N–H and O–H groups in total. The molecule has 1 saturated heterocycles. The zero-order valence-corrected chi connectivity index (χ0v) is 34.3. The molecule has 1 unspecified atom stereocenters. The molecule has 0 bridgehead atoms. The van der Waals surface area contributed by atoms with Gasteiger partial charge in [0.25, 0.3) is 0 Å². The van der Waals surface area contributed by atoms with E-state index in [0.29, 0.717) is 17.1 Å². The number of fused-ring (bicyclic) bond motifs is 1. The Hall–Kier alpha value is -2.67. The number of aromatic nitrogens is 3. The maximum Gasteiger partial charge on any atom is 0.472 e. The number of phosphoric acid groups is 1. The maximum absolute atomic E-state index is 13.0. The largest absolute Gasteiger partial charge is 0.472 e. The minimum atomic E-state index is -4.73. The number of anilines is 1. The van der Waals surface area contributed by atoms with Gasteiger partial charge in [-0.1, -0.05) is 127 Å². The summed E-state index contributed by atoms with van der Waals surface area (Å²) in [7, 11) is -4.73. The summed E-state index contributed by atoms with van der Waals surface area (Å²) in [5.74, 6) is 0.131. The summed E-state index contributed by atoms with van der Waals surface area (Å²) in [5.41, 5.74) is 5.11. The molecule has 0 radical (unpaired) electrons. The van der Waals surface area contributed by atoms with Gasteiger partial charge in [0.15, 0.2) is 5.82 Å². The van der Waals surface area contributed by atoms with E-state index in [2.05, 4.69) is 17.0 Å². The van der Waals surface area contributed by atoms with Crippen molar-refractivity contribution >= 4 is 30.8 Å². The predicted molar refractivity (Wildman–Crippen MR) is 214 cm³/mol. The third kappa shape index (κ3) is 14.3. The highest BCUT2D eigenvalue weighted by molar-refractivity contribution is 7.47. The Balaban J connectivity index is 1.17. The lowest BCUT2D eigenvalue weighted by Gasteiger charge is -2.24. The molecule has 0 aliphatic carbocycles. The van der Waals surface area contributed by atoms with Gasteiger partial charge in [-0.25, -0.2) is 14.1 Å². The number of hydrogen-bond donors (Lipinski definition) is 4. The molecule has 0 saturated carbocycles. The second kappa shape index (κ2) is 24.3. The Morgan fingerprint density at radius 2 is 1.54 bits per heavy atom. The molecule has 1 fully saturated rings. The first-order valence-electron chi connectivity index (χ1n) is 20.2. The fourth-order valence-corrected chi connectivity index (χ4v) is 7.73. The van der Waals surface area contributed by atoms with E-state index >= 15 is 0 Å². The number of phosphoric ester groups is 1. The van der Waals surface area contributed by atoms with Crippen molar-refractivity contribution in [2.45, 2.75) is 146 Å². The second-order valence-corrected chi connectivity index (χ2v) is 16.5. The van der Waals surface area contributed by atoms with Gasteiger partial charge in [-0.05, 0) is 36.2 Å². The number of ether oxygens (including phenoxy) is 3. The number of nitrogen functional groups attached to an aromatic ring is 1. The Morgan fingerprint density at radius 1 is 0.929 bits per heavy atom. The Labute approximate surface area is 336 Å². The molecule has 312 valence electrons. The van der Waals surface area contributed by atoms with Gasteiger partial charge in [0.2, 0.25) is 5.60 Å². The molecular weight excluding hydrogens is 761 g/mol. The van der Waals surface area contributed by atoms with Gasteiger partial charge in [0, 0.05) is 11.6 Å². The molecule has 4 rings (SSSR count). The van der Waals surface area contributed by atoms with Crippen LogP contribution in [-0.2, 0) is 40.0 Å². The minimum Gasteiger partial charge on any atom is -0.387 e. The number of nitrogens with two attached hydrogens (primary N) is 1. The molecule has 1 aliphatic heterocycles. The van der Waals surface area contributed by atoms with E-state index < -0.39 is 44.4 Å². The van der Waals surface area contributed by atoms with Crippen LogP contribution in [-0.4, -0.2) is 80.5 Å². The lowest BCUT2D eigenvalue weighted by Crippen LogP contribution is -2.41. The number of nitrogens with zero attached hydrogens (tertiary/aromatic N) is 4. The lowest BCUT2D eigenvalue weighted by molar-refractivity contribution is -0.0690. The highest BCUT2D eigenvalue weighted by atomic mass is 35.5. The SMILES string of the molecule is CCCCCCCCCCCCCCCCCCOC[C@H](COP(=O)(O)OC[C@H]1O[C@@](C#N)(c2ccc3c(N)ncnn23)[C@H](O)[C@@H]1O)OCc1ccc(Cl)cc1. The van der Waals surface area contributed by atoms with Crippen LogP contribution in [0.1, 0.15) is 121 Å². The maximum atomic E-state index is 13.0. The van der Waals surface area contributed by atoms with Gasteiger partial charge >= 0.3 is 7.82 Å². The van der Waals surface area contributed by atoms with E-state index in [9.17, 15) is 24.9 Å². The van der Waals surface area contributed by atoms with E-state index in [1.807, 2.05) is 18.2 Å². The molecule has 16 heteroatoms. The number of aliphatic hydroxyl groups excluding tert-OH is 2. The van der Waals surface area contributed by atoms with Crippen LogP contribution in [0.3, 0.4) is 0 Å². The first kappa shape index (κ1) is 46.0. The van der Waals surface area contributed by atoms with Crippen LogP contribution in [0.2, 0.25) is 5.02 Å². The Morgan fingerprint density at radius 3 is 2.14 bits per heavy atom. The van der Waals surface area contributed by atoms with Crippen molar-refractivity contribution < 1.29 is 42.9 Å². The summed E-state index contributed by atoms with van der Waals surface area (Å²) in [6.45, 7) is 2.06. The number of halogens is 1. The van der Waals surface area contributed by atoms with Crippen LogP contribution < -0.4 is 5.73 Å². The van der Waals surface area contributed by atoms with Crippen LogP contribution in [0.15, 0.2) is 42.7 Å². The summed E-state index contributed by atoms with van der Waals surface area (Å²) >= 11 is 6.02. The van der Waals surface area contributed by atoms with Crippen LogP contribution in [0.4, 0.5) is 5.82 Å². The molecule has 1 aromatic carbocycles. The number of nitriles is 1. The van der Waals surface area contributed by atoms with E-state index in [4.69, 9.17) is 40.6 Å². The van der Waals surface area contributed by atoms with Gasteiger partial charge in [-0.2, -0.15) is 10.4 Å². The summed E-state index contributed by atoms with van der Waals surface area (Å²) < 4.78 is 42.5. The molecule has 1 aliphatic rings. The van der Waals surface area contributed by atoms with E-state index in [1.165, 1.54) is 100 Å². The zero-order valence-electron chi connectivity index (χ0n) is 32.7. The van der Waals surface area contributed by atoms with Crippen molar-refractivity contribution in [1.82, 2.24) is 14.6 Å². The van der Waals surface area contributed by atoms with Gasteiger partial charge in [-0.15, -0.1) is 0 Å². The van der Waals surface area contributed by atoms with Crippen molar-refractivity contribution in [3.63, 3.8) is 0 Å². The van der Waals surface area contributed by atoms with Crippen molar-refractivity contribution in [1.29, 1.82) is 5.26 Å². The number of unbranched alkanes of at least 4 members (excludes halogenated alkanes) is 15. The molecule has 2 aromatic heterocycles. The molecular formula is C40H61ClN5O9P. The van der Waals surface area contributed by atoms with Crippen molar-refractivity contribution in [2.24, 2.45) is 0 Å². The fourth-order valence-electron chi connectivity index (χ4n) is 6.84. The monoisotopic (exact) mass is 821 g/mol. The molecule has 56 heavy (non-hydrogen) atoms. The highest BCUT2D eigenvalue weighted by Gasteiger charge is 2.58. The third-order valence-electron chi connectivity index (χ3n) is 10.2. The summed E-state index contributed by atoms with van der Waals surface area (Å²) in [5, 5.41) is 36.6. The standard InChI is InChI=1S/C40H61ClN5O9P/c1-2-3-4-5-6-7-8-9-10-11-12-13-14-15-16-17-24-51-26-33(52-25-31-18-20-32(41)21-19-31)27-53-56(49,50)54-28-35-37(47)38(48)40(29-42,55-35)36-23-22-34-39(43)44-30-45-46(34)36/h18-23,30,33,35,37-38,47-48H,2-17,24-28H2,1H3,(H,49,50)(H2,43,44,45)/t33-,35-,37-,38-,40+/m1/s1. The fraction of sp³-hybridized carbons (Fsp3) is 0.675. The topological polar surface area (TPSA) is 204 Å². The van der Waals surface area contributed by atoms with Gasteiger partial charge in [0.05, 0.1) is 32.1 Å². The molecule has 3 aromatic rings. The second-order valence-electron chi connectivity index (χ2n) is 14.6. The van der Waals surface area contributed by atoms with Crippen molar-refractivity contribution in [3.05, 3.63) is 59.0 Å². The third-order valence-corrected chi connectivity index (χ3v) is 11.4. The van der Waals surface area contributed by atoms with Gasteiger partial charge < -0.3 is 35.1 Å². The number of aliphatic hydroxyl groups is 2. The van der Waals surface area contributed by atoms with Crippen molar-refractivity contribution in [2.75, 3.05) is 32.2 Å². The number of hydrogen-bond acceptors (Lipinski definition) is 12. The molecule has 6 atom stereocenters. The summed E-state index contributed by atoms with van der Waals surface area (Å²) in [6, 6.07) is 12.1.